The molecule has 0 spiro atoms. The molecule has 2 N–H and O–H groups in total. The van der Waals surface area contributed by atoms with Gasteiger partial charge in [0.1, 0.15) is 0 Å². The van der Waals surface area contributed by atoms with Crippen molar-refractivity contribution in [2.45, 2.75) is 51.6 Å². The quantitative estimate of drug-likeness (QED) is 0.805. The van der Waals surface area contributed by atoms with Crippen molar-refractivity contribution in [3.05, 3.63) is 0 Å². The van der Waals surface area contributed by atoms with Gasteiger partial charge < -0.3 is 10.6 Å². The molecule has 4 heteroatoms. The Morgan fingerprint density at radius 3 is 2.79 bits per heavy atom. The second kappa shape index (κ2) is 6.71. The third kappa shape index (κ3) is 3.93. The summed E-state index contributed by atoms with van der Waals surface area (Å²) in [6.45, 7) is 7.21. The van der Waals surface area contributed by atoms with Gasteiger partial charge in [0.2, 0.25) is 5.91 Å². The van der Waals surface area contributed by atoms with Crippen molar-refractivity contribution in [3.63, 3.8) is 0 Å². The number of rotatable bonds is 4. The van der Waals surface area contributed by atoms with Crippen LogP contribution >= 0.6 is 0 Å². The van der Waals surface area contributed by atoms with E-state index in [1.165, 1.54) is 12.8 Å². The maximum absolute atomic E-state index is 12.2. The molecule has 1 saturated heterocycles. The van der Waals surface area contributed by atoms with E-state index in [1.54, 1.807) is 0 Å². The Bertz CT molecular complexity index is 302. The number of carbonyl (C=O) groups is 1. The van der Waals surface area contributed by atoms with Crippen LogP contribution < -0.4 is 10.6 Å². The van der Waals surface area contributed by atoms with Crippen LogP contribution in [-0.4, -0.2) is 49.6 Å². The Morgan fingerprint density at radius 2 is 2.11 bits per heavy atom. The lowest BCUT2D eigenvalue weighted by Gasteiger charge is -2.35. The summed E-state index contributed by atoms with van der Waals surface area (Å²) in [5.41, 5.74) is 0. The lowest BCUT2D eigenvalue weighted by Crippen LogP contribution is -2.48. The minimum absolute atomic E-state index is 0.195. The number of carbonyl (C=O) groups excluding carboxylic acids is 1. The lowest BCUT2D eigenvalue weighted by molar-refractivity contribution is -0.123. The fourth-order valence-corrected chi connectivity index (χ4v) is 3.41. The van der Waals surface area contributed by atoms with Crippen molar-refractivity contribution in [1.29, 1.82) is 0 Å². The van der Waals surface area contributed by atoms with E-state index in [2.05, 4.69) is 36.4 Å². The number of nitrogens with zero attached hydrogens (tertiary/aromatic N) is 1. The van der Waals surface area contributed by atoms with Crippen molar-refractivity contribution in [2.24, 2.45) is 11.8 Å². The van der Waals surface area contributed by atoms with Gasteiger partial charge in [-0.05, 0) is 38.3 Å². The van der Waals surface area contributed by atoms with Crippen LogP contribution in [0, 0.1) is 11.8 Å². The van der Waals surface area contributed by atoms with E-state index in [9.17, 15) is 4.79 Å². The number of hydrogen-bond acceptors (Lipinski definition) is 3. The van der Waals surface area contributed by atoms with E-state index in [0.717, 1.165) is 31.8 Å². The third-order valence-corrected chi connectivity index (χ3v) is 5.10. The van der Waals surface area contributed by atoms with E-state index in [-0.39, 0.29) is 5.91 Å². The molecule has 1 heterocycles. The fourth-order valence-electron chi connectivity index (χ4n) is 3.41. The number of likely N-dealkylation sites (N-methyl/N-ethyl adjacent to an activating group) is 1. The van der Waals surface area contributed by atoms with Gasteiger partial charge in [-0.15, -0.1) is 0 Å². The monoisotopic (exact) mass is 267 g/mol. The Balaban J connectivity index is 1.76. The Morgan fingerprint density at radius 1 is 1.32 bits per heavy atom. The summed E-state index contributed by atoms with van der Waals surface area (Å²) in [4.78, 5) is 14.3. The van der Waals surface area contributed by atoms with Crippen LogP contribution in [0.1, 0.15) is 39.5 Å². The van der Waals surface area contributed by atoms with Gasteiger partial charge in [-0.1, -0.05) is 26.7 Å². The first-order chi connectivity index (χ1) is 9.08. The first-order valence-electron chi connectivity index (χ1n) is 7.78. The molecule has 0 aromatic heterocycles. The highest BCUT2D eigenvalue weighted by atomic mass is 16.2. The van der Waals surface area contributed by atoms with Gasteiger partial charge in [-0.25, -0.2) is 0 Å². The average molecular weight is 267 g/mol. The number of hydrogen-bond donors (Lipinski definition) is 2. The zero-order valence-electron chi connectivity index (χ0n) is 12.6. The van der Waals surface area contributed by atoms with Crippen LogP contribution in [0.3, 0.4) is 0 Å². The zero-order valence-corrected chi connectivity index (χ0v) is 12.6. The molecule has 1 amide bonds. The van der Waals surface area contributed by atoms with Gasteiger partial charge in [-0.2, -0.15) is 0 Å². The Hall–Kier alpha value is -0.610. The smallest absolute Gasteiger partial charge is 0.234 e. The summed E-state index contributed by atoms with van der Waals surface area (Å²) in [7, 11) is 2.06. The SMILES string of the molecule is CC1CCCC(NC(=O)CN(C)C2CCNC2)C1C. The van der Waals surface area contributed by atoms with Crippen molar-refractivity contribution in [2.75, 3.05) is 26.7 Å². The van der Waals surface area contributed by atoms with Crippen LogP contribution in [0.25, 0.3) is 0 Å². The number of nitrogens with one attached hydrogen (secondary N) is 2. The van der Waals surface area contributed by atoms with Crippen molar-refractivity contribution in [1.82, 2.24) is 15.5 Å². The molecule has 110 valence electrons. The summed E-state index contributed by atoms with van der Waals surface area (Å²) in [6.07, 6.45) is 4.85. The summed E-state index contributed by atoms with van der Waals surface area (Å²) in [6, 6.07) is 0.903. The molecular weight excluding hydrogens is 238 g/mol. The maximum atomic E-state index is 12.2. The highest BCUT2D eigenvalue weighted by Gasteiger charge is 2.29. The average Bonchev–Trinajstić information content (AvgIpc) is 2.88. The molecule has 2 fully saturated rings. The molecule has 4 nitrogen and oxygen atoms in total. The largest absolute Gasteiger partial charge is 0.352 e. The van der Waals surface area contributed by atoms with Gasteiger partial charge >= 0.3 is 0 Å². The van der Waals surface area contributed by atoms with Crippen LogP contribution in [0.15, 0.2) is 0 Å². The second-order valence-corrected chi connectivity index (χ2v) is 6.50. The number of amides is 1. The molecule has 1 saturated carbocycles. The Labute approximate surface area is 117 Å². The highest BCUT2D eigenvalue weighted by Crippen LogP contribution is 2.29. The summed E-state index contributed by atoms with van der Waals surface area (Å²) in [5, 5.41) is 6.60. The lowest BCUT2D eigenvalue weighted by atomic mass is 9.78. The second-order valence-electron chi connectivity index (χ2n) is 6.50. The van der Waals surface area contributed by atoms with Crippen molar-refractivity contribution in [3.8, 4) is 0 Å². The van der Waals surface area contributed by atoms with E-state index < -0.39 is 0 Å². The molecular formula is C15H29N3O. The summed E-state index contributed by atoms with van der Waals surface area (Å²) in [5.74, 6) is 1.53. The molecule has 0 aromatic rings. The molecule has 2 rings (SSSR count). The van der Waals surface area contributed by atoms with E-state index >= 15 is 0 Å². The normalized spacial score (nSPS) is 35.6. The minimum atomic E-state index is 0.195. The van der Waals surface area contributed by atoms with Gasteiger partial charge in [0, 0.05) is 18.6 Å². The predicted molar refractivity (Wildman–Crippen MR) is 78.0 cm³/mol. The Kier molecular flexibility index (Phi) is 5.22. The molecule has 0 radical (unpaired) electrons. The molecule has 1 aliphatic carbocycles. The highest BCUT2D eigenvalue weighted by molar-refractivity contribution is 5.78. The fraction of sp³-hybridized carbons (Fsp3) is 0.933. The van der Waals surface area contributed by atoms with Gasteiger partial charge in [-0.3, -0.25) is 9.69 Å². The van der Waals surface area contributed by atoms with Gasteiger partial charge in [0.15, 0.2) is 0 Å². The molecule has 4 atom stereocenters. The van der Waals surface area contributed by atoms with E-state index in [4.69, 9.17) is 0 Å². The van der Waals surface area contributed by atoms with E-state index in [0.29, 0.717) is 24.5 Å². The van der Waals surface area contributed by atoms with E-state index in [1.807, 2.05) is 0 Å². The van der Waals surface area contributed by atoms with Gasteiger partial charge in [0.25, 0.3) is 0 Å². The van der Waals surface area contributed by atoms with Crippen LogP contribution in [0.2, 0.25) is 0 Å². The minimum Gasteiger partial charge on any atom is -0.352 e. The summed E-state index contributed by atoms with van der Waals surface area (Å²) < 4.78 is 0. The topological polar surface area (TPSA) is 44.4 Å². The standard InChI is InChI=1S/C15H29N3O/c1-11-5-4-6-14(12(11)2)17-15(19)10-18(3)13-7-8-16-9-13/h11-14,16H,4-10H2,1-3H3,(H,17,19). The summed E-state index contributed by atoms with van der Waals surface area (Å²) >= 11 is 0. The maximum Gasteiger partial charge on any atom is 0.234 e. The predicted octanol–water partition coefficient (Wildman–Crippen LogP) is 1.22. The molecule has 1 aliphatic heterocycles. The molecule has 0 bridgehead atoms. The van der Waals surface area contributed by atoms with Gasteiger partial charge in [0.05, 0.1) is 6.54 Å². The van der Waals surface area contributed by atoms with Crippen molar-refractivity contribution < 1.29 is 4.79 Å². The first-order valence-corrected chi connectivity index (χ1v) is 7.78. The molecule has 4 unspecified atom stereocenters. The molecule has 2 aliphatic rings. The molecule has 0 aromatic carbocycles. The van der Waals surface area contributed by atoms with Crippen LogP contribution in [0.5, 0.6) is 0 Å². The van der Waals surface area contributed by atoms with Crippen LogP contribution in [-0.2, 0) is 4.79 Å². The van der Waals surface area contributed by atoms with Crippen molar-refractivity contribution >= 4 is 5.91 Å². The third-order valence-electron chi connectivity index (χ3n) is 5.10. The zero-order chi connectivity index (χ0) is 13.8. The van der Waals surface area contributed by atoms with Crippen LogP contribution in [0.4, 0.5) is 0 Å². The molecule has 19 heavy (non-hydrogen) atoms. The first kappa shape index (κ1) is 14.8.